The lowest BCUT2D eigenvalue weighted by Gasteiger charge is -2.23. The van der Waals surface area contributed by atoms with Gasteiger partial charge in [0.15, 0.2) is 5.57 Å². The third kappa shape index (κ3) is 4.50. The Bertz CT molecular complexity index is 624. The molecule has 0 saturated heterocycles. The molecule has 22 heavy (non-hydrogen) atoms. The predicted molar refractivity (Wildman–Crippen MR) is 80.3 cm³/mol. The summed E-state index contributed by atoms with van der Waals surface area (Å²) < 4.78 is 0. The quantitative estimate of drug-likeness (QED) is 0.632. The Hall–Kier alpha value is -3.05. The van der Waals surface area contributed by atoms with Crippen molar-refractivity contribution in [3.05, 3.63) is 35.5 Å². The molecule has 0 atom stereocenters. The van der Waals surface area contributed by atoms with Gasteiger partial charge in [-0.05, 0) is 24.3 Å². The van der Waals surface area contributed by atoms with Crippen LogP contribution in [0.2, 0.25) is 0 Å². The van der Waals surface area contributed by atoms with Crippen LogP contribution in [0.15, 0.2) is 35.5 Å². The van der Waals surface area contributed by atoms with Crippen LogP contribution in [0.3, 0.4) is 0 Å². The zero-order valence-corrected chi connectivity index (χ0v) is 11.8. The first-order valence-electron chi connectivity index (χ1n) is 6.48. The molecule has 1 aromatic carbocycles. The van der Waals surface area contributed by atoms with E-state index in [0.29, 0.717) is 18.8 Å². The number of rotatable bonds is 7. The van der Waals surface area contributed by atoms with Crippen LogP contribution in [-0.4, -0.2) is 36.5 Å². The number of nitriles is 3. The second kappa shape index (κ2) is 8.99. The van der Waals surface area contributed by atoms with E-state index in [4.69, 9.17) is 26.0 Å². The number of benzene rings is 1. The molecule has 0 radical (unpaired) electrons. The second-order valence-corrected chi connectivity index (χ2v) is 4.19. The van der Waals surface area contributed by atoms with E-state index in [1.807, 2.05) is 0 Å². The lowest BCUT2D eigenvalue weighted by Crippen LogP contribution is -2.29. The highest BCUT2D eigenvalue weighted by Crippen LogP contribution is 2.19. The van der Waals surface area contributed by atoms with Crippen LogP contribution in [0.1, 0.15) is 0 Å². The lowest BCUT2D eigenvalue weighted by atomic mass is 10.2. The maximum Gasteiger partial charge on any atom is 0.163 e. The molecule has 0 saturated carbocycles. The normalized spacial score (nSPS) is 9.05. The molecule has 0 aromatic heterocycles. The fourth-order valence-corrected chi connectivity index (χ4v) is 1.79. The Morgan fingerprint density at radius 3 is 1.91 bits per heavy atom. The molecule has 0 unspecified atom stereocenters. The molecule has 0 aliphatic heterocycles. The van der Waals surface area contributed by atoms with Gasteiger partial charge in [-0.2, -0.15) is 15.8 Å². The Morgan fingerprint density at radius 1 is 0.955 bits per heavy atom. The molecule has 0 amide bonds. The largest absolute Gasteiger partial charge is 0.395 e. The van der Waals surface area contributed by atoms with Crippen LogP contribution in [0.4, 0.5) is 11.4 Å². The van der Waals surface area contributed by atoms with Gasteiger partial charge in [0.25, 0.3) is 0 Å². The minimum Gasteiger partial charge on any atom is -0.395 e. The van der Waals surface area contributed by atoms with E-state index < -0.39 is 0 Å². The summed E-state index contributed by atoms with van der Waals surface area (Å²) in [7, 11) is 0. The van der Waals surface area contributed by atoms with Crippen molar-refractivity contribution in [2.45, 2.75) is 0 Å². The topological polar surface area (TPSA) is 127 Å². The third-order valence-electron chi connectivity index (χ3n) is 2.83. The van der Waals surface area contributed by atoms with Gasteiger partial charge in [-0.25, -0.2) is 0 Å². The van der Waals surface area contributed by atoms with E-state index in [-0.39, 0.29) is 24.5 Å². The van der Waals surface area contributed by atoms with E-state index in [1.165, 1.54) is 0 Å². The maximum absolute atomic E-state index is 9.01. The van der Waals surface area contributed by atoms with Crippen LogP contribution in [0.5, 0.6) is 0 Å². The summed E-state index contributed by atoms with van der Waals surface area (Å²) in [5.74, 6) is 0. The summed E-state index contributed by atoms with van der Waals surface area (Å²) in [6.45, 7) is 0.720. The number of aliphatic hydroxyl groups excluding tert-OH is 2. The molecule has 0 heterocycles. The van der Waals surface area contributed by atoms with E-state index >= 15 is 0 Å². The third-order valence-corrected chi connectivity index (χ3v) is 2.83. The molecule has 1 aromatic rings. The predicted octanol–water partition coefficient (Wildman–Crippen LogP) is 0.714. The fraction of sp³-hybridized carbons (Fsp3) is 0.267. The Labute approximate surface area is 128 Å². The van der Waals surface area contributed by atoms with Crippen molar-refractivity contribution in [3.63, 3.8) is 0 Å². The van der Waals surface area contributed by atoms with Crippen molar-refractivity contribution in [3.8, 4) is 18.2 Å². The summed E-state index contributed by atoms with van der Waals surface area (Å²) in [5, 5.41) is 47.2. The summed E-state index contributed by atoms with van der Waals surface area (Å²) >= 11 is 0. The average molecular weight is 297 g/mol. The van der Waals surface area contributed by atoms with Crippen LogP contribution >= 0.6 is 0 Å². The molecule has 0 aliphatic rings. The maximum atomic E-state index is 9.01. The van der Waals surface area contributed by atoms with Gasteiger partial charge in [0, 0.05) is 24.5 Å². The summed E-state index contributed by atoms with van der Waals surface area (Å²) in [6, 6.07) is 12.0. The van der Waals surface area contributed by atoms with Gasteiger partial charge in [-0.3, -0.25) is 0 Å². The number of hydrogen-bond acceptors (Lipinski definition) is 7. The molecule has 112 valence electrons. The molecule has 1 rings (SSSR count). The van der Waals surface area contributed by atoms with Gasteiger partial charge in [0.1, 0.15) is 23.9 Å². The fourth-order valence-electron chi connectivity index (χ4n) is 1.79. The smallest absolute Gasteiger partial charge is 0.163 e. The molecule has 7 nitrogen and oxygen atoms in total. The van der Waals surface area contributed by atoms with E-state index in [2.05, 4.69) is 5.32 Å². The molecule has 0 spiro atoms. The first kappa shape index (κ1) is 17.0. The number of nitrogens with zero attached hydrogens (tertiary/aromatic N) is 4. The van der Waals surface area contributed by atoms with Gasteiger partial charge >= 0.3 is 0 Å². The van der Waals surface area contributed by atoms with Gasteiger partial charge < -0.3 is 20.4 Å². The summed E-state index contributed by atoms with van der Waals surface area (Å²) in [4.78, 5) is 1.81. The van der Waals surface area contributed by atoms with E-state index in [0.717, 1.165) is 5.69 Å². The molecular formula is C15H15N5O2. The van der Waals surface area contributed by atoms with Gasteiger partial charge in [0.2, 0.25) is 0 Å². The monoisotopic (exact) mass is 297 g/mol. The molecule has 7 heteroatoms. The van der Waals surface area contributed by atoms with Crippen molar-refractivity contribution in [2.75, 3.05) is 36.5 Å². The highest BCUT2D eigenvalue weighted by atomic mass is 16.3. The minimum atomic E-state index is -0.284. The zero-order chi connectivity index (χ0) is 16.4. The Balaban J connectivity index is 2.94. The van der Waals surface area contributed by atoms with Crippen molar-refractivity contribution in [1.29, 1.82) is 15.8 Å². The van der Waals surface area contributed by atoms with Crippen molar-refractivity contribution >= 4 is 11.4 Å². The summed E-state index contributed by atoms with van der Waals surface area (Å²) in [6.07, 6.45) is 0. The second-order valence-electron chi connectivity index (χ2n) is 4.19. The van der Waals surface area contributed by atoms with Gasteiger partial charge in [-0.1, -0.05) is 0 Å². The van der Waals surface area contributed by atoms with Crippen LogP contribution in [0, 0.1) is 34.0 Å². The first-order chi connectivity index (χ1) is 10.7. The van der Waals surface area contributed by atoms with Crippen molar-refractivity contribution in [1.82, 2.24) is 0 Å². The zero-order valence-electron chi connectivity index (χ0n) is 11.8. The molecule has 0 fully saturated rings. The highest BCUT2D eigenvalue weighted by Gasteiger charge is 2.08. The first-order valence-corrected chi connectivity index (χ1v) is 6.48. The van der Waals surface area contributed by atoms with Crippen molar-refractivity contribution in [2.24, 2.45) is 0 Å². The average Bonchev–Trinajstić information content (AvgIpc) is 2.55. The van der Waals surface area contributed by atoms with Gasteiger partial charge in [0.05, 0.1) is 13.2 Å². The van der Waals surface area contributed by atoms with Crippen molar-refractivity contribution < 1.29 is 10.2 Å². The van der Waals surface area contributed by atoms with Crippen LogP contribution in [0.25, 0.3) is 0 Å². The van der Waals surface area contributed by atoms with Crippen LogP contribution in [-0.2, 0) is 0 Å². The summed E-state index contributed by atoms with van der Waals surface area (Å²) in [5.41, 5.74) is 0.960. The molecule has 3 N–H and O–H groups in total. The molecule has 0 aliphatic carbocycles. The van der Waals surface area contributed by atoms with E-state index in [9.17, 15) is 0 Å². The Kier molecular flexibility index (Phi) is 6.95. The Morgan fingerprint density at radius 2 is 1.50 bits per heavy atom. The molecular weight excluding hydrogens is 282 g/mol. The van der Waals surface area contributed by atoms with Gasteiger partial charge in [-0.15, -0.1) is 0 Å². The lowest BCUT2D eigenvalue weighted by molar-refractivity contribution is 0.281. The number of aliphatic hydroxyl groups is 2. The molecule has 0 bridgehead atoms. The minimum absolute atomic E-state index is 0.0327. The standard InChI is InChI=1S/C15H15N5O2/c16-9-12(10-17)15(11-18)19-13-1-3-14(4-2-13)20(5-7-21)6-8-22/h1-4,19,21-22H,5-8H2. The highest BCUT2D eigenvalue weighted by molar-refractivity contribution is 5.61. The van der Waals surface area contributed by atoms with E-state index in [1.54, 1.807) is 47.4 Å². The number of anilines is 2. The number of hydrogen-bond donors (Lipinski definition) is 3. The van der Waals surface area contributed by atoms with Crippen LogP contribution < -0.4 is 10.2 Å². The number of allylic oxidation sites excluding steroid dienone is 2. The SMILES string of the molecule is N#CC(C#N)=C(C#N)Nc1ccc(N(CCO)CCO)cc1. The number of nitrogens with one attached hydrogen (secondary N) is 1.